The predicted molar refractivity (Wildman–Crippen MR) is 71.9 cm³/mol. The van der Waals surface area contributed by atoms with Crippen molar-refractivity contribution >= 4 is 11.7 Å². The summed E-state index contributed by atoms with van der Waals surface area (Å²) in [7, 11) is 1.67. The average Bonchev–Trinajstić information content (AvgIpc) is 2.38. The van der Waals surface area contributed by atoms with Crippen LogP contribution >= 0.6 is 0 Å². The second-order valence-corrected chi connectivity index (χ2v) is 4.45. The molecule has 2 aromatic carbocycles. The summed E-state index contributed by atoms with van der Waals surface area (Å²) in [5.74, 6) is -2.16. The maximum Gasteiger partial charge on any atom is 0.337 e. The van der Waals surface area contributed by atoms with Crippen molar-refractivity contribution in [3.8, 4) is 0 Å². The van der Waals surface area contributed by atoms with Crippen LogP contribution in [-0.4, -0.2) is 18.1 Å². The molecule has 0 amide bonds. The Morgan fingerprint density at radius 1 is 1.15 bits per heavy atom. The van der Waals surface area contributed by atoms with Crippen LogP contribution in [0.1, 0.15) is 15.9 Å². The molecule has 3 nitrogen and oxygen atoms in total. The van der Waals surface area contributed by atoms with E-state index in [1.165, 1.54) is 24.3 Å². The number of hydrogen-bond donors (Lipinski definition) is 1. The number of aromatic carboxylic acids is 1. The van der Waals surface area contributed by atoms with Crippen molar-refractivity contribution in [2.45, 2.75) is 6.54 Å². The lowest BCUT2D eigenvalue weighted by molar-refractivity contribution is 0.0697. The minimum atomic E-state index is -1.20. The Kier molecular flexibility index (Phi) is 3.98. The molecule has 0 aliphatic heterocycles. The van der Waals surface area contributed by atoms with E-state index in [0.717, 1.165) is 6.07 Å². The first-order chi connectivity index (χ1) is 9.47. The Hall–Kier alpha value is -2.43. The monoisotopic (exact) mass is 277 g/mol. The smallest absolute Gasteiger partial charge is 0.337 e. The molecule has 0 spiro atoms. The van der Waals surface area contributed by atoms with Gasteiger partial charge in [-0.05, 0) is 35.9 Å². The summed E-state index contributed by atoms with van der Waals surface area (Å²) in [6.07, 6.45) is 0. The van der Waals surface area contributed by atoms with Gasteiger partial charge in [0.1, 0.15) is 11.6 Å². The fraction of sp³-hybridized carbons (Fsp3) is 0.133. The van der Waals surface area contributed by atoms with E-state index in [9.17, 15) is 13.6 Å². The van der Waals surface area contributed by atoms with E-state index in [2.05, 4.69) is 0 Å². The van der Waals surface area contributed by atoms with Crippen LogP contribution in [-0.2, 0) is 6.54 Å². The van der Waals surface area contributed by atoms with E-state index in [1.54, 1.807) is 24.1 Å². The number of carboxylic acids is 1. The second-order valence-electron chi connectivity index (χ2n) is 4.45. The van der Waals surface area contributed by atoms with Gasteiger partial charge >= 0.3 is 5.97 Å². The summed E-state index contributed by atoms with van der Waals surface area (Å²) >= 11 is 0. The van der Waals surface area contributed by atoms with Crippen LogP contribution in [0.5, 0.6) is 0 Å². The molecule has 5 heteroatoms. The molecule has 104 valence electrons. The van der Waals surface area contributed by atoms with Crippen molar-refractivity contribution in [3.63, 3.8) is 0 Å². The normalized spacial score (nSPS) is 10.3. The van der Waals surface area contributed by atoms with Crippen molar-refractivity contribution in [2.24, 2.45) is 0 Å². The highest BCUT2D eigenvalue weighted by molar-refractivity contribution is 5.94. The second kappa shape index (κ2) is 5.69. The van der Waals surface area contributed by atoms with E-state index in [-0.39, 0.29) is 11.4 Å². The summed E-state index contributed by atoms with van der Waals surface area (Å²) in [5.41, 5.74) is 0.959. The molecule has 0 aliphatic rings. The van der Waals surface area contributed by atoms with E-state index < -0.39 is 11.8 Å². The molecule has 0 unspecified atom stereocenters. The van der Waals surface area contributed by atoms with E-state index >= 15 is 0 Å². The van der Waals surface area contributed by atoms with Crippen molar-refractivity contribution in [1.82, 2.24) is 0 Å². The quantitative estimate of drug-likeness (QED) is 0.932. The molecule has 2 rings (SSSR count). The van der Waals surface area contributed by atoms with Crippen LogP contribution < -0.4 is 4.90 Å². The number of benzene rings is 2. The van der Waals surface area contributed by atoms with Gasteiger partial charge in [0.05, 0.1) is 11.3 Å². The van der Waals surface area contributed by atoms with Gasteiger partial charge in [-0.25, -0.2) is 13.6 Å². The van der Waals surface area contributed by atoms with Crippen LogP contribution in [0.4, 0.5) is 14.5 Å². The lowest BCUT2D eigenvalue weighted by atomic mass is 10.1. The highest BCUT2D eigenvalue weighted by Crippen LogP contribution is 2.22. The van der Waals surface area contributed by atoms with Crippen molar-refractivity contribution in [3.05, 3.63) is 65.2 Å². The lowest BCUT2D eigenvalue weighted by Crippen LogP contribution is -2.19. The zero-order chi connectivity index (χ0) is 14.7. The maximum atomic E-state index is 13.1. The van der Waals surface area contributed by atoms with Gasteiger partial charge in [0, 0.05) is 13.6 Å². The van der Waals surface area contributed by atoms with Crippen LogP contribution in [0, 0.1) is 11.6 Å². The van der Waals surface area contributed by atoms with Gasteiger partial charge in [0.25, 0.3) is 0 Å². The highest BCUT2D eigenvalue weighted by Gasteiger charge is 2.15. The molecule has 0 aliphatic carbocycles. The summed E-state index contributed by atoms with van der Waals surface area (Å²) < 4.78 is 26.2. The minimum absolute atomic E-state index is 0.121. The first kappa shape index (κ1) is 14.0. The van der Waals surface area contributed by atoms with E-state index in [4.69, 9.17) is 5.11 Å². The maximum absolute atomic E-state index is 13.1. The van der Waals surface area contributed by atoms with Crippen molar-refractivity contribution < 1.29 is 18.7 Å². The van der Waals surface area contributed by atoms with Gasteiger partial charge in [-0.2, -0.15) is 0 Å². The minimum Gasteiger partial charge on any atom is -0.478 e. The lowest BCUT2D eigenvalue weighted by Gasteiger charge is -2.21. The molecule has 0 aromatic heterocycles. The zero-order valence-electron chi connectivity index (χ0n) is 10.8. The Bertz CT molecular complexity index is 644. The van der Waals surface area contributed by atoms with Gasteiger partial charge in [0.2, 0.25) is 0 Å². The molecule has 0 heterocycles. The van der Waals surface area contributed by atoms with Crippen LogP contribution in [0.15, 0.2) is 42.5 Å². The fourth-order valence-corrected chi connectivity index (χ4v) is 2.01. The molecule has 20 heavy (non-hydrogen) atoms. The molecule has 0 fully saturated rings. The Morgan fingerprint density at radius 2 is 1.85 bits per heavy atom. The molecule has 0 radical (unpaired) electrons. The largest absolute Gasteiger partial charge is 0.478 e. The van der Waals surface area contributed by atoms with Crippen LogP contribution in [0.3, 0.4) is 0 Å². The molecule has 1 N–H and O–H groups in total. The van der Waals surface area contributed by atoms with Crippen LogP contribution in [0.25, 0.3) is 0 Å². The van der Waals surface area contributed by atoms with Gasteiger partial charge < -0.3 is 10.0 Å². The predicted octanol–water partition coefficient (Wildman–Crippen LogP) is 3.30. The number of anilines is 1. The fourth-order valence-electron chi connectivity index (χ4n) is 2.01. The number of rotatable bonds is 4. The third-order valence-corrected chi connectivity index (χ3v) is 2.91. The van der Waals surface area contributed by atoms with Gasteiger partial charge in [-0.1, -0.05) is 12.1 Å². The Morgan fingerprint density at radius 3 is 2.50 bits per heavy atom. The number of nitrogens with zero attached hydrogens (tertiary/aromatic N) is 1. The SMILES string of the molecule is CN(Cc1cccc(F)c1)c1ccc(F)cc1C(=O)O. The number of carboxylic acid groups (broad SMARTS) is 1. The van der Waals surface area contributed by atoms with E-state index in [0.29, 0.717) is 17.8 Å². The topological polar surface area (TPSA) is 40.5 Å². The third kappa shape index (κ3) is 3.12. The van der Waals surface area contributed by atoms with Gasteiger partial charge in [0.15, 0.2) is 0 Å². The van der Waals surface area contributed by atoms with Gasteiger partial charge in [-0.3, -0.25) is 0 Å². The average molecular weight is 277 g/mol. The van der Waals surface area contributed by atoms with Gasteiger partial charge in [-0.15, -0.1) is 0 Å². The first-order valence-electron chi connectivity index (χ1n) is 5.96. The molecule has 0 atom stereocenters. The number of hydrogen-bond acceptors (Lipinski definition) is 2. The molecular formula is C15H13F2NO2. The summed E-state index contributed by atoms with van der Waals surface area (Å²) in [6.45, 7) is 0.323. The highest BCUT2D eigenvalue weighted by atomic mass is 19.1. The summed E-state index contributed by atoms with van der Waals surface area (Å²) in [6, 6.07) is 9.61. The summed E-state index contributed by atoms with van der Waals surface area (Å²) in [5, 5.41) is 9.10. The standard InChI is InChI=1S/C15H13F2NO2/c1-18(9-10-3-2-4-11(16)7-10)14-6-5-12(17)8-13(14)15(19)20/h2-8H,9H2,1H3,(H,19,20). The first-order valence-corrected chi connectivity index (χ1v) is 5.96. The zero-order valence-corrected chi connectivity index (χ0v) is 10.8. The number of carbonyl (C=O) groups is 1. The number of halogens is 2. The molecule has 0 saturated heterocycles. The summed E-state index contributed by atoms with van der Waals surface area (Å²) in [4.78, 5) is 12.8. The molecule has 0 bridgehead atoms. The van der Waals surface area contributed by atoms with Crippen molar-refractivity contribution in [2.75, 3.05) is 11.9 Å². The molecule has 2 aromatic rings. The Labute approximate surface area is 115 Å². The Balaban J connectivity index is 2.29. The van der Waals surface area contributed by atoms with E-state index in [1.807, 2.05) is 0 Å². The third-order valence-electron chi connectivity index (χ3n) is 2.91. The molecular weight excluding hydrogens is 264 g/mol. The van der Waals surface area contributed by atoms with Crippen LogP contribution in [0.2, 0.25) is 0 Å². The molecule has 0 saturated carbocycles. The van der Waals surface area contributed by atoms with Crippen molar-refractivity contribution in [1.29, 1.82) is 0 Å².